The molecule has 1 aromatic rings. The van der Waals surface area contributed by atoms with Gasteiger partial charge in [-0.3, -0.25) is 14.6 Å². The Morgan fingerprint density at radius 1 is 0.955 bits per heavy atom. The number of piperidine rings is 2. The van der Waals surface area contributed by atoms with Gasteiger partial charge >= 0.3 is 0 Å². The molecular formula is C19H24N2O. The molecule has 1 aromatic carbocycles. The lowest BCUT2D eigenvalue weighted by Gasteiger charge is -2.36. The summed E-state index contributed by atoms with van der Waals surface area (Å²) in [5, 5.41) is 0. The van der Waals surface area contributed by atoms with Gasteiger partial charge in [-0.2, -0.15) is 0 Å². The molecule has 22 heavy (non-hydrogen) atoms. The van der Waals surface area contributed by atoms with Gasteiger partial charge in [-0.05, 0) is 30.2 Å². The van der Waals surface area contributed by atoms with Gasteiger partial charge in [-0.1, -0.05) is 30.3 Å². The molecule has 0 N–H and O–H groups in total. The van der Waals surface area contributed by atoms with Crippen LogP contribution in [0.4, 0.5) is 0 Å². The number of nitrogens with zero attached hydrogens (tertiary/aromatic N) is 2. The normalized spacial score (nSPS) is 40.9. The van der Waals surface area contributed by atoms with Crippen LogP contribution in [-0.2, 0) is 11.3 Å². The van der Waals surface area contributed by atoms with Gasteiger partial charge in [-0.25, -0.2) is 0 Å². The van der Waals surface area contributed by atoms with E-state index in [1.807, 2.05) is 0 Å². The number of carbonyl (C=O) groups is 1. The predicted molar refractivity (Wildman–Crippen MR) is 85.4 cm³/mol. The molecule has 0 aromatic heterocycles. The summed E-state index contributed by atoms with van der Waals surface area (Å²) in [6, 6.07) is 12.8. The molecule has 4 aliphatic rings. The van der Waals surface area contributed by atoms with Crippen molar-refractivity contribution in [3.63, 3.8) is 0 Å². The van der Waals surface area contributed by atoms with Crippen molar-refractivity contribution in [2.24, 2.45) is 11.8 Å². The number of likely N-dealkylation sites (tertiary alicyclic amines) is 1. The molecule has 3 heterocycles. The van der Waals surface area contributed by atoms with Crippen molar-refractivity contribution in [2.75, 3.05) is 13.1 Å². The van der Waals surface area contributed by atoms with E-state index in [2.05, 4.69) is 40.1 Å². The molecule has 4 atom stereocenters. The fourth-order valence-corrected chi connectivity index (χ4v) is 5.49. The minimum absolute atomic E-state index is 0.514. The van der Waals surface area contributed by atoms with E-state index in [1.165, 1.54) is 31.5 Å². The third-order valence-corrected chi connectivity index (χ3v) is 6.42. The average Bonchev–Trinajstić information content (AvgIpc) is 2.86. The molecular weight excluding hydrogens is 272 g/mol. The molecule has 0 spiro atoms. The molecule has 0 amide bonds. The van der Waals surface area contributed by atoms with Crippen LogP contribution >= 0.6 is 0 Å². The standard InChI is InChI=1S/C19H24N2O/c22-16-8-14-6-7-15(9-16)21(14)19-17-11-20(12-18(17)19)10-13-4-2-1-3-5-13/h1-5,14-15,17-19H,6-12H2. The smallest absolute Gasteiger partial charge is 0.136 e. The summed E-state index contributed by atoms with van der Waals surface area (Å²) in [5.41, 5.74) is 1.43. The van der Waals surface area contributed by atoms with Crippen LogP contribution in [0.5, 0.6) is 0 Å². The van der Waals surface area contributed by atoms with Crippen LogP contribution in [0.25, 0.3) is 0 Å². The van der Waals surface area contributed by atoms with Crippen LogP contribution < -0.4 is 0 Å². The zero-order valence-corrected chi connectivity index (χ0v) is 13.0. The first kappa shape index (κ1) is 13.3. The summed E-state index contributed by atoms with van der Waals surface area (Å²) in [5.74, 6) is 2.26. The molecule has 3 nitrogen and oxygen atoms in total. The second-order valence-corrected chi connectivity index (χ2v) is 7.78. The van der Waals surface area contributed by atoms with Crippen LogP contribution in [-0.4, -0.2) is 46.8 Å². The highest BCUT2D eigenvalue weighted by molar-refractivity contribution is 5.81. The first-order valence-electron chi connectivity index (χ1n) is 8.85. The van der Waals surface area contributed by atoms with Crippen molar-refractivity contribution < 1.29 is 4.79 Å². The number of hydrogen-bond acceptors (Lipinski definition) is 3. The predicted octanol–water partition coefficient (Wildman–Crippen LogP) is 2.31. The molecule has 4 fully saturated rings. The minimum atomic E-state index is 0.514. The Bertz CT molecular complexity index is 558. The Kier molecular flexibility index (Phi) is 2.96. The maximum absolute atomic E-state index is 11.8. The Morgan fingerprint density at radius 3 is 2.23 bits per heavy atom. The largest absolute Gasteiger partial charge is 0.300 e. The summed E-state index contributed by atoms with van der Waals surface area (Å²) in [4.78, 5) is 17.2. The minimum Gasteiger partial charge on any atom is -0.300 e. The maximum Gasteiger partial charge on any atom is 0.136 e. The van der Waals surface area contributed by atoms with Crippen molar-refractivity contribution in [1.29, 1.82) is 0 Å². The van der Waals surface area contributed by atoms with Gasteiger partial charge in [0.2, 0.25) is 0 Å². The van der Waals surface area contributed by atoms with Gasteiger partial charge in [0, 0.05) is 50.6 Å². The van der Waals surface area contributed by atoms with E-state index in [0.717, 1.165) is 37.3 Å². The van der Waals surface area contributed by atoms with E-state index in [4.69, 9.17) is 0 Å². The lowest BCUT2D eigenvalue weighted by Crippen LogP contribution is -2.47. The van der Waals surface area contributed by atoms with Crippen molar-refractivity contribution in [3.8, 4) is 0 Å². The highest BCUT2D eigenvalue weighted by atomic mass is 16.1. The van der Waals surface area contributed by atoms with Gasteiger partial charge in [0.05, 0.1) is 0 Å². The summed E-state index contributed by atoms with van der Waals surface area (Å²) in [6.45, 7) is 3.62. The third kappa shape index (κ3) is 2.06. The highest BCUT2D eigenvalue weighted by Crippen LogP contribution is 2.53. The molecule has 2 bridgehead atoms. The molecule has 116 valence electrons. The van der Waals surface area contributed by atoms with Gasteiger partial charge in [-0.15, -0.1) is 0 Å². The van der Waals surface area contributed by atoms with Crippen molar-refractivity contribution in [3.05, 3.63) is 35.9 Å². The van der Waals surface area contributed by atoms with E-state index >= 15 is 0 Å². The summed E-state index contributed by atoms with van der Waals surface area (Å²) < 4.78 is 0. The second-order valence-electron chi connectivity index (χ2n) is 7.78. The number of fused-ring (bicyclic) bond motifs is 3. The highest BCUT2D eigenvalue weighted by Gasteiger charge is 2.61. The van der Waals surface area contributed by atoms with E-state index in [0.29, 0.717) is 17.9 Å². The van der Waals surface area contributed by atoms with Gasteiger partial charge in [0.15, 0.2) is 0 Å². The molecule has 3 heteroatoms. The fourth-order valence-electron chi connectivity index (χ4n) is 5.49. The van der Waals surface area contributed by atoms with E-state index in [-0.39, 0.29) is 0 Å². The second kappa shape index (κ2) is 4.90. The van der Waals surface area contributed by atoms with E-state index in [1.54, 1.807) is 0 Å². The summed E-state index contributed by atoms with van der Waals surface area (Å²) in [7, 11) is 0. The number of Topliss-reactive ketones (excluding diaryl/α,β-unsaturated/α-hetero) is 1. The molecule has 3 saturated heterocycles. The Hall–Kier alpha value is -1.19. The number of ketones is 1. The Labute approximate surface area is 132 Å². The number of rotatable bonds is 3. The lowest BCUT2D eigenvalue weighted by atomic mass is 10.0. The van der Waals surface area contributed by atoms with Crippen molar-refractivity contribution >= 4 is 5.78 Å². The number of carbonyl (C=O) groups excluding carboxylic acids is 1. The van der Waals surface area contributed by atoms with E-state index in [9.17, 15) is 4.79 Å². The molecule has 3 aliphatic heterocycles. The monoisotopic (exact) mass is 296 g/mol. The first-order valence-corrected chi connectivity index (χ1v) is 8.85. The molecule has 4 unspecified atom stereocenters. The zero-order chi connectivity index (χ0) is 14.7. The zero-order valence-electron chi connectivity index (χ0n) is 13.0. The van der Waals surface area contributed by atoms with Crippen molar-refractivity contribution in [2.45, 2.75) is 50.4 Å². The first-order chi connectivity index (χ1) is 10.8. The third-order valence-electron chi connectivity index (χ3n) is 6.42. The maximum atomic E-state index is 11.8. The Morgan fingerprint density at radius 2 is 1.59 bits per heavy atom. The molecule has 0 radical (unpaired) electrons. The van der Waals surface area contributed by atoms with Crippen LogP contribution in [0.3, 0.4) is 0 Å². The summed E-state index contributed by atoms with van der Waals surface area (Å²) in [6.07, 6.45) is 4.19. The average molecular weight is 296 g/mol. The topological polar surface area (TPSA) is 23.6 Å². The molecule has 1 saturated carbocycles. The fraction of sp³-hybridized carbons (Fsp3) is 0.632. The van der Waals surface area contributed by atoms with Crippen LogP contribution in [0.1, 0.15) is 31.2 Å². The van der Waals surface area contributed by atoms with Crippen LogP contribution in [0.2, 0.25) is 0 Å². The molecule has 5 rings (SSSR count). The molecule has 1 aliphatic carbocycles. The Balaban J connectivity index is 1.22. The summed E-state index contributed by atoms with van der Waals surface area (Å²) >= 11 is 0. The van der Waals surface area contributed by atoms with Crippen molar-refractivity contribution in [1.82, 2.24) is 9.80 Å². The van der Waals surface area contributed by atoms with Gasteiger partial charge < -0.3 is 0 Å². The van der Waals surface area contributed by atoms with E-state index < -0.39 is 0 Å². The van der Waals surface area contributed by atoms with Gasteiger partial charge in [0.1, 0.15) is 5.78 Å². The number of hydrogen-bond donors (Lipinski definition) is 0. The SMILES string of the molecule is O=C1CC2CCC(C1)N2C1C2CN(Cc3ccccc3)CC21. The quantitative estimate of drug-likeness (QED) is 0.855. The van der Waals surface area contributed by atoms with Gasteiger partial charge in [0.25, 0.3) is 0 Å². The van der Waals surface area contributed by atoms with Crippen LogP contribution in [0.15, 0.2) is 30.3 Å². The van der Waals surface area contributed by atoms with Crippen LogP contribution in [0, 0.1) is 11.8 Å². The number of benzene rings is 1. The lowest BCUT2D eigenvalue weighted by molar-refractivity contribution is -0.124.